The maximum atomic E-state index is 12.3. The molecule has 0 unspecified atom stereocenters. The van der Waals surface area contributed by atoms with Crippen LogP contribution in [0.1, 0.15) is 23.2 Å². The van der Waals surface area contributed by atoms with Gasteiger partial charge in [-0.1, -0.05) is 0 Å². The highest BCUT2D eigenvalue weighted by atomic mass is 16.5. The molecule has 1 fully saturated rings. The van der Waals surface area contributed by atoms with E-state index < -0.39 is 0 Å². The van der Waals surface area contributed by atoms with Crippen LogP contribution in [0.5, 0.6) is 11.5 Å². The first-order valence-corrected chi connectivity index (χ1v) is 9.00. The van der Waals surface area contributed by atoms with Crippen LogP contribution in [0.3, 0.4) is 0 Å². The van der Waals surface area contributed by atoms with E-state index >= 15 is 0 Å². The Morgan fingerprint density at radius 3 is 2.48 bits per heavy atom. The molecule has 1 aromatic heterocycles. The lowest BCUT2D eigenvalue weighted by molar-refractivity contribution is -0.123. The Kier molecular flexibility index (Phi) is 6.35. The summed E-state index contributed by atoms with van der Waals surface area (Å²) in [5.41, 5.74) is 0.581. The van der Waals surface area contributed by atoms with Crippen molar-refractivity contribution in [1.82, 2.24) is 10.2 Å². The molecule has 144 valence electrons. The van der Waals surface area contributed by atoms with E-state index in [1.54, 1.807) is 37.4 Å². The van der Waals surface area contributed by atoms with E-state index in [9.17, 15) is 9.59 Å². The van der Waals surface area contributed by atoms with Gasteiger partial charge in [0.05, 0.1) is 18.9 Å². The minimum Gasteiger partial charge on any atom is -0.497 e. The molecular formula is C20H24N2O5. The van der Waals surface area contributed by atoms with Gasteiger partial charge < -0.3 is 24.1 Å². The van der Waals surface area contributed by atoms with Crippen molar-refractivity contribution in [1.29, 1.82) is 0 Å². The number of ether oxygens (including phenoxy) is 2. The van der Waals surface area contributed by atoms with Crippen LogP contribution in [0.2, 0.25) is 0 Å². The minimum absolute atomic E-state index is 0.000808. The number of nitrogens with one attached hydrogen (secondary N) is 1. The van der Waals surface area contributed by atoms with Gasteiger partial charge in [0.25, 0.3) is 11.8 Å². The maximum Gasteiger partial charge on any atom is 0.257 e. The summed E-state index contributed by atoms with van der Waals surface area (Å²) in [6.45, 7) is 1.95. The number of hydrogen-bond donors (Lipinski definition) is 1. The highest BCUT2D eigenvalue weighted by Crippen LogP contribution is 2.19. The van der Waals surface area contributed by atoms with Crippen LogP contribution in [0, 0.1) is 5.92 Å². The maximum absolute atomic E-state index is 12.3. The molecule has 1 saturated heterocycles. The van der Waals surface area contributed by atoms with Gasteiger partial charge in [0.1, 0.15) is 17.8 Å². The normalized spacial score (nSPS) is 14.6. The Hall–Kier alpha value is -2.96. The van der Waals surface area contributed by atoms with Crippen molar-refractivity contribution >= 4 is 11.8 Å². The number of likely N-dealkylation sites (tertiary alicyclic amines) is 1. The molecule has 0 aliphatic carbocycles. The van der Waals surface area contributed by atoms with Crippen molar-refractivity contribution in [2.45, 2.75) is 12.8 Å². The van der Waals surface area contributed by atoms with Gasteiger partial charge in [-0.2, -0.15) is 0 Å². The molecule has 1 aromatic carbocycles. The highest BCUT2D eigenvalue weighted by molar-refractivity contribution is 5.93. The van der Waals surface area contributed by atoms with Crippen LogP contribution in [0.4, 0.5) is 0 Å². The fourth-order valence-electron chi connectivity index (χ4n) is 3.04. The second-order valence-corrected chi connectivity index (χ2v) is 6.52. The number of piperidine rings is 1. The number of methoxy groups -OCH3 is 1. The first-order chi connectivity index (χ1) is 13.2. The van der Waals surface area contributed by atoms with Crippen LogP contribution >= 0.6 is 0 Å². The van der Waals surface area contributed by atoms with Crippen molar-refractivity contribution in [2.24, 2.45) is 5.92 Å². The predicted octanol–water partition coefficient (Wildman–Crippen LogP) is 2.34. The number of carbonyl (C=O) groups is 2. The van der Waals surface area contributed by atoms with Crippen LogP contribution in [0.15, 0.2) is 47.3 Å². The van der Waals surface area contributed by atoms with Gasteiger partial charge in [-0.3, -0.25) is 9.59 Å². The second-order valence-electron chi connectivity index (χ2n) is 6.52. The smallest absolute Gasteiger partial charge is 0.257 e. The van der Waals surface area contributed by atoms with Crippen molar-refractivity contribution in [3.05, 3.63) is 48.4 Å². The van der Waals surface area contributed by atoms with E-state index in [-0.39, 0.29) is 18.4 Å². The summed E-state index contributed by atoms with van der Waals surface area (Å²) in [5.74, 6) is 1.58. The summed E-state index contributed by atoms with van der Waals surface area (Å²) in [6.07, 6.45) is 4.70. The van der Waals surface area contributed by atoms with Gasteiger partial charge in [0.2, 0.25) is 0 Å². The monoisotopic (exact) mass is 372 g/mol. The SMILES string of the molecule is COc1ccc(OCC(=O)NCC2CCN(C(=O)c3ccoc3)CC2)cc1. The summed E-state index contributed by atoms with van der Waals surface area (Å²) in [5, 5.41) is 2.91. The van der Waals surface area contributed by atoms with Crippen molar-refractivity contribution < 1.29 is 23.5 Å². The predicted molar refractivity (Wildman–Crippen MR) is 98.8 cm³/mol. The fraction of sp³-hybridized carbons (Fsp3) is 0.400. The number of amides is 2. The van der Waals surface area contributed by atoms with E-state index in [2.05, 4.69) is 5.32 Å². The molecule has 7 heteroatoms. The topological polar surface area (TPSA) is 81.0 Å². The Labute approximate surface area is 158 Å². The molecule has 7 nitrogen and oxygen atoms in total. The molecule has 0 atom stereocenters. The summed E-state index contributed by atoms with van der Waals surface area (Å²) >= 11 is 0. The Bertz CT molecular complexity index is 734. The summed E-state index contributed by atoms with van der Waals surface area (Å²) in [6, 6.07) is 8.77. The third-order valence-corrected chi connectivity index (χ3v) is 4.69. The Morgan fingerprint density at radius 2 is 1.85 bits per heavy atom. The van der Waals surface area contributed by atoms with Gasteiger partial charge in [-0.05, 0) is 49.1 Å². The molecule has 1 N–H and O–H groups in total. The number of benzene rings is 1. The molecule has 2 amide bonds. The summed E-state index contributed by atoms with van der Waals surface area (Å²) in [7, 11) is 1.60. The average molecular weight is 372 g/mol. The van der Waals surface area contributed by atoms with Crippen LogP contribution in [0.25, 0.3) is 0 Å². The third-order valence-electron chi connectivity index (χ3n) is 4.69. The van der Waals surface area contributed by atoms with Crippen LogP contribution in [-0.2, 0) is 4.79 Å². The molecule has 2 heterocycles. The van der Waals surface area contributed by atoms with E-state index in [1.807, 2.05) is 4.90 Å². The molecule has 0 radical (unpaired) electrons. The Balaban J connectivity index is 1.34. The van der Waals surface area contributed by atoms with Crippen molar-refractivity contribution in [3.8, 4) is 11.5 Å². The summed E-state index contributed by atoms with van der Waals surface area (Å²) in [4.78, 5) is 26.1. The summed E-state index contributed by atoms with van der Waals surface area (Å²) < 4.78 is 15.5. The lowest BCUT2D eigenvalue weighted by Crippen LogP contribution is -2.42. The number of carbonyl (C=O) groups excluding carboxylic acids is 2. The quantitative estimate of drug-likeness (QED) is 0.807. The average Bonchev–Trinajstić information content (AvgIpc) is 3.26. The van der Waals surface area contributed by atoms with E-state index in [0.29, 0.717) is 36.9 Å². The molecular weight excluding hydrogens is 348 g/mol. The molecule has 27 heavy (non-hydrogen) atoms. The van der Waals surface area contributed by atoms with E-state index in [0.717, 1.165) is 18.6 Å². The third kappa shape index (κ3) is 5.26. The molecule has 2 aromatic rings. The molecule has 0 bridgehead atoms. The number of nitrogens with zero attached hydrogens (tertiary/aromatic N) is 1. The van der Waals surface area contributed by atoms with Crippen LogP contribution < -0.4 is 14.8 Å². The number of hydrogen-bond acceptors (Lipinski definition) is 5. The number of rotatable bonds is 7. The zero-order valence-electron chi connectivity index (χ0n) is 15.3. The fourth-order valence-corrected chi connectivity index (χ4v) is 3.04. The number of furan rings is 1. The molecule has 1 aliphatic heterocycles. The lowest BCUT2D eigenvalue weighted by Gasteiger charge is -2.31. The van der Waals surface area contributed by atoms with Gasteiger partial charge in [-0.15, -0.1) is 0 Å². The first kappa shape index (κ1) is 18.8. The van der Waals surface area contributed by atoms with Gasteiger partial charge in [-0.25, -0.2) is 0 Å². The zero-order chi connectivity index (χ0) is 19.1. The molecule has 0 spiro atoms. The molecule has 1 aliphatic rings. The second kappa shape index (κ2) is 9.12. The molecule has 3 rings (SSSR count). The van der Waals surface area contributed by atoms with Gasteiger partial charge in [0.15, 0.2) is 6.61 Å². The minimum atomic E-state index is -0.150. The molecule has 0 saturated carbocycles. The highest BCUT2D eigenvalue weighted by Gasteiger charge is 2.24. The van der Waals surface area contributed by atoms with E-state index in [1.165, 1.54) is 12.5 Å². The standard InChI is InChI=1S/C20H24N2O5/c1-25-17-2-4-18(5-3-17)27-14-19(23)21-12-15-6-9-22(10-7-15)20(24)16-8-11-26-13-16/h2-5,8,11,13,15H,6-7,9-10,12,14H2,1H3,(H,21,23). The van der Waals surface area contributed by atoms with Crippen molar-refractivity contribution in [2.75, 3.05) is 33.4 Å². The van der Waals surface area contributed by atoms with Gasteiger partial charge >= 0.3 is 0 Å². The van der Waals surface area contributed by atoms with Crippen LogP contribution in [-0.4, -0.2) is 50.1 Å². The van der Waals surface area contributed by atoms with E-state index in [4.69, 9.17) is 13.9 Å². The lowest BCUT2D eigenvalue weighted by atomic mass is 9.96. The first-order valence-electron chi connectivity index (χ1n) is 9.00. The van der Waals surface area contributed by atoms with Gasteiger partial charge in [0, 0.05) is 19.6 Å². The Morgan fingerprint density at radius 1 is 1.15 bits per heavy atom. The largest absolute Gasteiger partial charge is 0.497 e. The van der Waals surface area contributed by atoms with Crippen molar-refractivity contribution in [3.63, 3.8) is 0 Å². The zero-order valence-corrected chi connectivity index (χ0v) is 15.3.